The van der Waals surface area contributed by atoms with Crippen LogP contribution in [-0.4, -0.2) is 75.1 Å². The monoisotopic (exact) mass is 285 g/mol. The Labute approximate surface area is 128 Å². The number of hydrogen-bond donors (Lipinski definition) is 0. The SMILES string of the molecule is CC(C)CCN(C)CCN(C)CCN(C)CCC(C)C. The van der Waals surface area contributed by atoms with Crippen LogP contribution in [0.4, 0.5) is 0 Å². The largest absolute Gasteiger partial charge is 0.305 e. The fourth-order valence-electron chi connectivity index (χ4n) is 1.98. The summed E-state index contributed by atoms with van der Waals surface area (Å²) >= 11 is 0. The zero-order valence-corrected chi connectivity index (χ0v) is 15.2. The summed E-state index contributed by atoms with van der Waals surface area (Å²) in [5.74, 6) is 1.62. The molecule has 0 saturated heterocycles. The van der Waals surface area contributed by atoms with Crippen LogP contribution in [-0.2, 0) is 0 Å². The van der Waals surface area contributed by atoms with Crippen LogP contribution >= 0.6 is 0 Å². The first-order chi connectivity index (χ1) is 9.31. The Morgan fingerprint density at radius 3 is 1.00 bits per heavy atom. The van der Waals surface area contributed by atoms with Crippen molar-refractivity contribution in [2.24, 2.45) is 11.8 Å². The first-order valence-electron chi connectivity index (χ1n) is 8.36. The highest BCUT2D eigenvalue weighted by molar-refractivity contribution is 4.61. The molecule has 0 spiro atoms. The number of likely N-dealkylation sites (N-methyl/N-ethyl adjacent to an activating group) is 3. The lowest BCUT2D eigenvalue weighted by atomic mass is 10.1. The fraction of sp³-hybridized carbons (Fsp3) is 1.00. The molecule has 0 aliphatic rings. The average molecular weight is 286 g/mol. The van der Waals surface area contributed by atoms with Crippen LogP contribution < -0.4 is 0 Å². The number of rotatable bonds is 12. The minimum Gasteiger partial charge on any atom is -0.305 e. The van der Waals surface area contributed by atoms with E-state index in [1.54, 1.807) is 0 Å². The van der Waals surface area contributed by atoms with E-state index < -0.39 is 0 Å². The zero-order chi connectivity index (χ0) is 15.5. The average Bonchev–Trinajstić information content (AvgIpc) is 2.37. The van der Waals surface area contributed by atoms with Gasteiger partial charge >= 0.3 is 0 Å². The van der Waals surface area contributed by atoms with E-state index in [2.05, 4.69) is 63.5 Å². The Hall–Kier alpha value is -0.120. The van der Waals surface area contributed by atoms with Crippen LogP contribution in [0.15, 0.2) is 0 Å². The number of nitrogens with zero attached hydrogens (tertiary/aromatic N) is 3. The van der Waals surface area contributed by atoms with Crippen LogP contribution in [0.3, 0.4) is 0 Å². The van der Waals surface area contributed by atoms with Crippen LogP contribution in [0.2, 0.25) is 0 Å². The lowest BCUT2D eigenvalue weighted by Gasteiger charge is -2.25. The van der Waals surface area contributed by atoms with Gasteiger partial charge < -0.3 is 14.7 Å². The van der Waals surface area contributed by atoms with Gasteiger partial charge in [0.05, 0.1) is 0 Å². The topological polar surface area (TPSA) is 9.72 Å². The first-order valence-corrected chi connectivity index (χ1v) is 8.36. The second kappa shape index (κ2) is 11.5. The maximum absolute atomic E-state index is 2.46. The predicted octanol–water partition coefficient (Wildman–Crippen LogP) is 2.87. The van der Waals surface area contributed by atoms with Gasteiger partial charge in [-0.05, 0) is 58.9 Å². The van der Waals surface area contributed by atoms with Crippen molar-refractivity contribution in [2.45, 2.75) is 40.5 Å². The van der Waals surface area contributed by atoms with Crippen molar-refractivity contribution in [1.82, 2.24) is 14.7 Å². The smallest absolute Gasteiger partial charge is 0.0107 e. The van der Waals surface area contributed by atoms with E-state index in [1.165, 1.54) is 52.1 Å². The third-order valence-corrected chi connectivity index (χ3v) is 3.90. The molecule has 0 saturated carbocycles. The maximum atomic E-state index is 2.46. The van der Waals surface area contributed by atoms with Crippen LogP contribution in [0.25, 0.3) is 0 Å². The second-order valence-corrected chi connectivity index (χ2v) is 7.27. The maximum Gasteiger partial charge on any atom is 0.0107 e. The van der Waals surface area contributed by atoms with E-state index in [1.807, 2.05) is 0 Å². The normalized spacial score (nSPS) is 12.6. The fourth-order valence-corrected chi connectivity index (χ4v) is 1.98. The van der Waals surface area contributed by atoms with E-state index in [-0.39, 0.29) is 0 Å². The molecule has 3 nitrogen and oxygen atoms in total. The van der Waals surface area contributed by atoms with Crippen LogP contribution in [0.1, 0.15) is 40.5 Å². The van der Waals surface area contributed by atoms with Gasteiger partial charge in [0.1, 0.15) is 0 Å². The minimum atomic E-state index is 0.810. The lowest BCUT2D eigenvalue weighted by molar-refractivity contribution is 0.218. The summed E-state index contributed by atoms with van der Waals surface area (Å²) in [6.07, 6.45) is 2.61. The second-order valence-electron chi connectivity index (χ2n) is 7.27. The Kier molecular flexibility index (Phi) is 11.5. The van der Waals surface area contributed by atoms with Gasteiger partial charge in [-0.25, -0.2) is 0 Å². The Morgan fingerprint density at radius 2 is 0.750 bits per heavy atom. The molecule has 0 atom stereocenters. The van der Waals surface area contributed by atoms with Gasteiger partial charge in [0, 0.05) is 26.2 Å². The van der Waals surface area contributed by atoms with Gasteiger partial charge in [-0.15, -0.1) is 0 Å². The van der Waals surface area contributed by atoms with Gasteiger partial charge in [0.2, 0.25) is 0 Å². The van der Waals surface area contributed by atoms with Crippen molar-refractivity contribution in [3.05, 3.63) is 0 Å². The van der Waals surface area contributed by atoms with Crippen molar-refractivity contribution in [3.8, 4) is 0 Å². The van der Waals surface area contributed by atoms with E-state index in [0.29, 0.717) is 0 Å². The van der Waals surface area contributed by atoms with Crippen molar-refractivity contribution in [2.75, 3.05) is 60.4 Å². The summed E-state index contributed by atoms with van der Waals surface area (Å²) < 4.78 is 0. The summed E-state index contributed by atoms with van der Waals surface area (Å²) in [6, 6.07) is 0. The standard InChI is InChI=1S/C17H39N3/c1-16(2)8-10-18(5)12-14-20(7)15-13-19(6)11-9-17(3)4/h16-17H,8-15H2,1-7H3. The summed E-state index contributed by atoms with van der Waals surface area (Å²) in [4.78, 5) is 7.37. The highest BCUT2D eigenvalue weighted by Crippen LogP contribution is 2.01. The van der Waals surface area contributed by atoms with Crippen molar-refractivity contribution < 1.29 is 0 Å². The highest BCUT2D eigenvalue weighted by atomic mass is 15.2. The quantitative estimate of drug-likeness (QED) is 0.546. The highest BCUT2D eigenvalue weighted by Gasteiger charge is 2.05. The minimum absolute atomic E-state index is 0.810. The predicted molar refractivity (Wildman–Crippen MR) is 91.4 cm³/mol. The Morgan fingerprint density at radius 1 is 0.500 bits per heavy atom. The number of hydrogen-bond acceptors (Lipinski definition) is 3. The molecule has 20 heavy (non-hydrogen) atoms. The van der Waals surface area contributed by atoms with Crippen LogP contribution in [0.5, 0.6) is 0 Å². The van der Waals surface area contributed by atoms with E-state index in [0.717, 1.165) is 11.8 Å². The molecule has 0 amide bonds. The Bertz CT molecular complexity index is 194. The van der Waals surface area contributed by atoms with Crippen molar-refractivity contribution in [1.29, 1.82) is 0 Å². The molecule has 0 aliphatic heterocycles. The molecule has 3 heteroatoms. The molecule has 0 aromatic rings. The molecular formula is C17H39N3. The molecule has 0 heterocycles. The molecule has 122 valence electrons. The summed E-state index contributed by atoms with van der Waals surface area (Å²) in [7, 11) is 6.72. The summed E-state index contributed by atoms with van der Waals surface area (Å²) in [6.45, 7) is 16.3. The van der Waals surface area contributed by atoms with Gasteiger partial charge in [0.15, 0.2) is 0 Å². The zero-order valence-electron chi connectivity index (χ0n) is 15.2. The van der Waals surface area contributed by atoms with Crippen molar-refractivity contribution >= 4 is 0 Å². The molecule has 0 unspecified atom stereocenters. The van der Waals surface area contributed by atoms with E-state index in [4.69, 9.17) is 0 Å². The molecule has 0 rings (SSSR count). The Balaban J connectivity index is 3.59. The molecule has 0 aromatic carbocycles. The van der Waals surface area contributed by atoms with E-state index >= 15 is 0 Å². The third kappa shape index (κ3) is 12.9. The first kappa shape index (κ1) is 19.9. The third-order valence-electron chi connectivity index (χ3n) is 3.90. The van der Waals surface area contributed by atoms with Crippen molar-refractivity contribution in [3.63, 3.8) is 0 Å². The van der Waals surface area contributed by atoms with Crippen LogP contribution in [0, 0.1) is 11.8 Å². The molecule has 0 fully saturated rings. The molecule has 0 N–H and O–H groups in total. The van der Waals surface area contributed by atoms with Gasteiger partial charge in [-0.2, -0.15) is 0 Å². The lowest BCUT2D eigenvalue weighted by Crippen LogP contribution is -2.36. The molecule has 0 bridgehead atoms. The molecular weight excluding hydrogens is 246 g/mol. The summed E-state index contributed by atoms with van der Waals surface area (Å²) in [5.41, 5.74) is 0. The van der Waals surface area contributed by atoms with Gasteiger partial charge in [0.25, 0.3) is 0 Å². The van der Waals surface area contributed by atoms with Gasteiger partial charge in [-0.1, -0.05) is 27.7 Å². The van der Waals surface area contributed by atoms with E-state index in [9.17, 15) is 0 Å². The summed E-state index contributed by atoms with van der Waals surface area (Å²) in [5, 5.41) is 0. The van der Waals surface area contributed by atoms with Gasteiger partial charge in [-0.3, -0.25) is 0 Å². The molecule has 0 radical (unpaired) electrons. The molecule has 0 aromatic heterocycles. The molecule has 0 aliphatic carbocycles.